The van der Waals surface area contributed by atoms with E-state index in [0.29, 0.717) is 6.54 Å². The molecule has 2 aromatic rings. The first kappa shape index (κ1) is 12.3. The van der Waals surface area contributed by atoms with Crippen LogP contribution in [0.4, 0.5) is 5.69 Å². The quantitative estimate of drug-likeness (QED) is 0.822. The van der Waals surface area contributed by atoms with Crippen LogP contribution in [0.25, 0.3) is 0 Å². The molecule has 2 nitrogen and oxygen atoms in total. The first-order chi connectivity index (χ1) is 8.15. The fourth-order valence-corrected chi connectivity index (χ4v) is 2.05. The van der Waals surface area contributed by atoms with Gasteiger partial charge in [0, 0.05) is 21.7 Å². The summed E-state index contributed by atoms with van der Waals surface area (Å²) >= 11 is 9.50. The highest BCUT2D eigenvalue weighted by molar-refractivity contribution is 9.10. The van der Waals surface area contributed by atoms with Gasteiger partial charge in [-0.1, -0.05) is 27.5 Å². The Morgan fingerprint density at radius 2 is 1.82 bits per heavy atom. The van der Waals surface area contributed by atoms with Gasteiger partial charge in [0.25, 0.3) is 0 Å². The lowest BCUT2D eigenvalue weighted by Crippen LogP contribution is -1.99. The van der Waals surface area contributed by atoms with Crippen molar-refractivity contribution in [3.63, 3.8) is 0 Å². The van der Waals surface area contributed by atoms with E-state index in [2.05, 4.69) is 21.2 Å². The first-order valence-electron chi connectivity index (χ1n) is 5.12. The summed E-state index contributed by atoms with van der Waals surface area (Å²) < 4.78 is 1.00. The number of rotatable bonds is 3. The molecule has 88 valence electrons. The second-order valence-electron chi connectivity index (χ2n) is 3.64. The SMILES string of the molecule is Oc1ccc(NCc2cc(Br)ccc2Cl)cc1. The molecular weight excluding hydrogens is 302 g/mol. The van der Waals surface area contributed by atoms with Crippen LogP contribution in [0.15, 0.2) is 46.9 Å². The zero-order valence-electron chi connectivity index (χ0n) is 8.95. The number of phenolic OH excluding ortho intramolecular Hbond substituents is 1. The Hall–Kier alpha value is -1.19. The molecule has 0 aromatic heterocycles. The molecule has 0 amide bonds. The summed E-state index contributed by atoms with van der Waals surface area (Å²) in [5, 5.41) is 13.1. The molecule has 0 saturated heterocycles. The van der Waals surface area contributed by atoms with Crippen molar-refractivity contribution in [1.29, 1.82) is 0 Å². The largest absolute Gasteiger partial charge is 0.508 e. The standard InChI is InChI=1S/C13H11BrClNO/c14-10-1-6-13(15)9(7-10)8-16-11-2-4-12(17)5-3-11/h1-7,16-17H,8H2. The van der Waals surface area contributed by atoms with E-state index in [4.69, 9.17) is 16.7 Å². The Morgan fingerprint density at radius 1 is 1.12 bits per heavy atom. The van der Waals surface area contributed by atoms with Gasteiger partial charge in [0.15, 0.2) is 0 Å². The smallest absolute Gasteiger partial charge is 0.115 e. The molecule has 0 aliphatic rings. The highest BCUT2D eigenvalue weighted by atomic mass is 79.9. The van der Waals surface area contributed by atoms with Crippen molar-refractivity contribution in [2.24, 2.45) is 0 Å². The third kappa shape index (κ3) is 3.38. The Bertz CT molecular complexity index is 513. The van der Waals surface area contributed by atoms with Gasteiger partial charge in [0.2, 0.25) is 0 Å². The van der Waals surface area contributed by atoms with E-state index in [9.17, 15) is 0 Å². The summed E-state index contributed by atoms with van der Waals surface area (Å²) in [5.74, 6) is 0.260. The maximum atomic E-state index is 9.17. The van der Waals surface area contributed by atoms with Crippen LogP contribution in [0, 0.1) is 0 Å². The third-order valence-corrected chi connectivity index (χ3v) is 3.22. The van der Waals surface area contributed by atoms with Crippen molar-refractivity contribution in [3.05, 3.63) is 57.5 Å². The van der Waals surface area contributed by atoms with Crippen molar-refractivity contribution < 1.29 is 5.11 Å². The van der Waals surface area contributed by atoms with Gasteiger partial charge < -0.3 is 10.4 Å². The fourth-order valence-electron chi connectivity index (χ4n) is 1.46. The molecule has 0 saturated carbocycles. The molecule has 2 aromatic carbocycles. The van der Waals surface area contributed by atoms with Crippen LogP contribution in [-0.2, 0) is 6.54 Å². The van der Waals surface area contributed by atoms with Gasteiger partial charge in [0.05, 0.1) is 0 Å². The van der Waals surface area contributed by atoms with Crippen molar-refractivity contribution in [2.45, 2.75) is 6.54 Å². The molecule has 0 aliphatic heterocycles. The highest BCUT2D eigenvalue weighted by Crippen LogP contribution is 2.22. The number of nitrogens with one attached hydrogen (secondary N) is 1. The van der Waals surface area contributed by atoms with E-state index in [1.165, 1.54) is 0 Å². The molecule has 0 spiro atoms. The Morgan fingerprint density at radius 3 is 2.53 bits per heavy atom. The second-order valence-corrected chi connectivity index (χ2v) is 4.96. The summed E-state index contributed by atoms with van der Waals surface area (Å²) in [4.78, 5) is 0. The molecule has 0 heterocycles. The number of phenols is 1. The minimum absolute atomic E-state index is 0.260. The minimum Gasteiger partial charge on any atom is -0.508 e. The van der Waals surface area contributed by atoms with E-state index in [1.807, 2.05) is 30.3 Å². The van der Waals surface area contributed by atoms with Crippen LogP contribution >= 0.6 is 27.5 Å². The highest BCUT2D eigenvalue weighted by Gasteiger charge is 2.01. The van der Waals surface area contributed by atoms with Crippen LogP contribution in [-0.4, -0.2) is 5.11 Å². The Balaban J connectivity index is 2.07. The fraction of sp³-hybridized carbons (Fsp3) is 0.0769. The van der Waals surface area contributed by atoms with E-state index in [-0.39, 0.29) is 5.75 Å². The Kier molecular flexibility index (Phi) is 3.92. The monoisotopic (exact) mass is 311 g/mol. The van der Waals surface area contributed by atoms with E-state index >= 15 is 0 Å². The summed E-state index contributed by atoms with van der Waals surface area (Å²) in [5.41, 5.74) is 1.97. The maximum absolute atomic E-state index is 9.17. The van der Waals surface area contributed by atoms with Gasteiger partial charge in [-0.15, -0.1) is 0 Å². The van der Waals surface area contributed by atoms with Gasteiger partial charge in [-0.25, -0.2) is 0 Å². The molecule has 0 fully saturated rings. The van der Waals surface area contributed by atoms with Gasteiger partial charge >= 0.3 is 0 Å². The van der Waals surface area contributed by atoms with Crippen LogP contribution in [0.5, 0.6) is 5.75 Å². The third-order valence-electron chi connectivity index (χ3n) is 2.36. The van der Waals surface area contributed by atoms with Crippen LogP contribution in [0.3, 0.4) is 0 Å². The zero-order valence-corrected chi connectivity index (χ0v) is 11.3. The molecule has 4 heteroatoms. The Labute approximate surface area is 113 Å². The normalized spacial score (nSPS) is 10.2. The molecule has 0 radical (unpaired) electrons. The lowest BCUT2D eigenvalue weighted by atomic mass is 10.2. The molecule has 0 aliphatic carbocycles. The number of aromatic hydroxyl groups is 1. The number of anilines is 1. The molecule has 0 bridgehead atoms. The molecule has 0 unspecified atom stereocenters. The van der Waals surface area contributed by atoms with Crippen molar-refractivity contribution in [2.75, 3.05) is 5.32 Å². The number of hydrogen-bond donors (Lipinski definition) is 2. The van der Waals surface area contributed by atoms with Gasteiger partial charge in [-0.2, -0.15) is 0 Å². The summed E-state index contributed by atoms with van der Waals surface area (Å²) in [6.45, 7) is 0.642. The van der Waals surface area contributed by atoms with E-state index in [0.717, 1.165) is 20.7 Å². The van der Waals surface area contributed by atoms with Gasteiger partial charge in [-0.05, 0) is 48.0 Å². The summed E-state index contributed by atoms with van der Waals surface area (Å²) in [6, 6.07) is 12.7. The number of benzene rings is 2. The minimum atomic E-state index is 0.260. The second kappa shape index (κ2) is 5.43. The zero-order chi connectivity index (χ0) is 12.3. The topological polar surface area (TPSA) is 32.3 Å². The first-order valence-corrected chi connectivity index (χ1v) is 6.29. The van der Waals surface area contributed by atoms with Crippen molar-refractivity contribution in [1.82, 2.24) is 0 Å². The molecular formula is C13H11BrClNO. The van der Waals surface area contributed by atoms with Crippen LogP contribution in [0.1, 0.15) is 5.56 Å². The van der Waals surface area contributed by atoms with Gasteiger partial charge in [-0.3, -0.25) is 0 Å². The lowest BCUT2D eigenvalue weighted by molar-refractivity contribution is 0.475. The molecule has 0 atom stereocenters. The number of halogens is 2. The maximum Gasteiger partial charge on any atom is 0.115 e. The molecule has 2 N–H and O–H groups in total. The average Bonchev–Trinajstić information content (AvgIpc) is 2.32. The van der Waals surface area contributed by atoms with Crippen molar-refractivity contribution in [3.8, 4) is 5.75 Å². The predicted octanol–water partition coefficient (Wildman–Crippen LogP) is 4.42. The van der Waals surface area contributed by atoms with E-state index < -0.39 is 0 Å². The average molecular weight is 313 g/mol. The molecule has 17 heavy (non-hydrogen) atoms. The lowest BCUT2D eigenvalue weighted by Gasteiger charge is -2.08. The summed E-state index contributed by atoms with van der Waals surface area (Å²) in [6.07, 6.45) is 0. The van der Waals surface area contributed by atoms with Gasteiger partial charge in [0.1, 0.15) is 5.75 Å². The summed E-state index contributed by atoms with van der Waals surface area (Å²) in [7, 11) is 0. The number of hydrogen-bond acceptors (Lipinski definition) is 2. The predicted molar refractivity (Wildman–Crippen MR) is 74.6 cm³/mol. The van der Waals surface area contributed by atoms with E-state index in [1.54, 1.807) is 12.1 Å². The molecule has 2 rings (SSSR count). The van der Waals surface area contributed by atoms with Crippen molar-refractivity contribution >= 4 is 33.2 Å². The van der Waals surface area contributed by atoms with Crippen LogP contribution in [0.2, 0.25) is 5.02 Å². The van der Waals surface area contributed by atoms with Crippen LogP contribution < -0.4 is 5.32 Å².